The number of amides is 2. The van der Waals surface area contributed by atoms with Gasteiger partial charge in [-0.05, 0) is 56.6 Å². The molecule has 6 heteroatoms. The Balaban J connectivity index is 1.81. The van der Waals surface area contributed by atoms with Crippen molar-refractivity contribution in [3.8, 4) is 0 Å². The van der Waals surface area contributed by atoms with Crippen LogP contribution in [-0.4, -0.2) is 47.6 Å². The van der Waals surface area contributed by atoms with Crippen molar-refractivity contribution in [2.75, 3.05) is 30.3 Å². The van der Waals surface area contributed by atoms with Crippen LogP contribution in [0.25, 0.3) is 0 Å². The fraction of sp³-hybridized carbons (Fsp3) is 0.579. The molecule has 0 saturated carbocycles. The summed E-state index contributed by atoms with van der Waals surface area (Å²) in [6.07, 6.45) is 5.48. The van der Waals surface area contributed by atoms with Gasteiger partial charge in [0.15, 0.2) is 0 Å². The lowest BCUT2D eigenvalue weighted by atomic mass is 10.1. The van der Waals surface area contributed by atoms with Gasteiger partial charge >= 0.3 is 0 Å². The number of hydrogen-bond acceptors (Lipinski definition) is 4. The smallest absolute Gasteiger partial charge is 0.253 e. The predicted molar refractivity (Wildman–Crippen MR) is 99.5 cm³/mol. The Labute approximate surface area is 149 Å². The molecule has 2 amide bonds. The first-order valence-electron chi connectivity index (χ1n) is 9.19. The van der Waals surface area contributed by atoms with Crippen LogP contribution in [0.4, 0.5) is 11.4 Å². The molecule has 1 aromatic rings. The quantitative estimate of drug-likeness (QED) is 0.739. The lowest BCUT2D eigenvalue weighted by Crippen LogP contribution is -2.35. The first-order valence-corrected chi connectivity index (χ1v) is 9.19. The van der Waals surface area contributed by atoms with Crippen molar-refractivity contribution >= 4 is 23.2 Å². The fourth-order valence-corrected chi connectivity index (χ4v) is 2.92. The molecule has 1 aromatic carbocycles. The molecule has 1 saturated heterocycles. The number of nitrogens with one attached hydrogen (secondary N) is 2. The third kappa shape index (κ3) is 6.84. The third-order valence-electron chi connectivity index (χ3n) is 4.44. The largest absolute Gasteiger partial charge is 0.383 e. The highest BCUT2D eigenvalue weighted by Gasteiger charge is 2.14. The number of carbonyl (C=O) groups is 2. The number of aliphatic hydroxyl groups excluding tert-OH is 1. The number of likely N-dealkylation sites (tertiary alicyclic amines) is 1. The topological polar surface area (TPSA) is 81.7 Å². The van der Waals surface area contributed by atoms with Crippen molar-refractivity contribution in [2.45, 2.75) is 51.6 Å². The number of anilines is 2. The Kier molecular flexibility index (Phi) is 7.88. The molecule has 0 bridgehead atoms. The minimum atomic E-state index is -1.00. The Hall–Kier alpha value is -1.92. The fourth-order valence-electron chi connectivity index (χ4n) is 2.92. The van der Waals surface area contributed by atoms with Gasteiger partial charge < -0.3 is 15.7 Å². The maximum atomic E-state index is 12.2. The van der Waals surface area contributed by atoms with Gasteiger partial charge in [-0.3, -0.25) is 14.5 Å². The van der Waals surface area contributed by atoms with E-state index in [4.69, 9.17) is 0 Å². The van der Waals surface area contributed by atoms with Crippen LogP contribution in [0, 0.1) is 0 Å². The van der Waals surface area contributed by atoms with Crippen LogP contribution in [0.2, 0.25) is 0 Å². The Morgan fingerprint density at radius 1 is 1.00 bits per heavy atom. The summed E-state index contributed by atoms with van der Waals surface area (Å²) < 4.78 is 0. The lowest BCUT2D eigenvalue weighted by molar-refractivity contribution is -0.124. The Morgan fingerprint density at radius 3 is 2.08 bits per heavy atom. The summed E-state index contributed by atoms with van der Waals surface area (Å²) in [6.45, 7) is 4.13. The second-order valence-electron chi connectivity index (χ2n) is 6.58. The van der Waals surface area contributed by atoms with E-state index in [9.17, 15) is 14.7 Å². The summed E-state index contributed by atoms with van der Waals surface area (Å²) in [7, 11) is 0. The van der Waals surface area contributed by atoms with Gasteiger partial charge in [0.05, 0.1) is 6.54 Å². The molecule has 0 radical (unpaired) electrons. The molecule has 6 nitrogen and oxygen atoms in total. The minimum Gasteiger partial charge on any atom is -0.383 e. The van der Waals surface area contributed by atoms with E-state index in [2.05, 4.69) is 15.5 Å². The molecular formula is C19H29N3O3. The second-order valence-corrected chi connectivity index (χ2v) is 6.58. The van der Waals surface area contributed by atoms with E-state index in [-0.39, 0.29) is 5.91 Å². The van der Waals surface area contributed by atoms with E-state index in [1.165, 1.54) is 19.3 Å². The molecule has 0 spiro atoms. The lowest BCUT2D eigenvalue weighted by Gasteiger charge is -2.23. The van der Waals surface area contributed by atoms with E-state index < -0.39 is 12.0 Å². The van der Waals surface area contributed by atoms with Crippen molar-refractivity contribution in [2.24, 2.45) is 0 Å². The number of benzene rings is 1. The molecule has 138 valence electrons. The monoisotopic (exact) mass is 347 g/mol. The van der Waals surface area contributed by atoms with Crippen molar-refractivity contribution in [1.82, 2.24) is 4.90 Å². The van der Waals surface area contributed by atoms with Crippen molar-refractivity contribution in [1.29, 1.82) is 0 Å². The van der Waals surface area contributed by atoms with Crippen molar-refractivity contribution in [3.05, 3.63) is 24.3 Å². The van der Waals surface area contributed by atoms with Crippen LogP contribution in [0.15, 0.2) is 24.3 Å². The Morgan fingerprint density at radius 2 is 1.52 bits per heavy atom. The van der Waals surface area contributed by atoms with Crippen molar-refractivity contribution < 1.29 is 14.7 Å². The SMILES string of the molecule is CC[C@H](O)C(=O)Nc1ccc(NC(=O)CN2CCCCCCC2)cc1. The second kappa shape index (κ2) is 10.2. The van der Waals surface area contributed by atoms with Gasteiger partial charge in [0, 0.05) is 11.4 Å². The molecule has 25 heavy (non-hydrogen) atoms. The number of carbonyl (C=O) groups excluding carboxylic acids is 2. The zero-order valence-corrected chi connectivity index (χ0v) is 15.0. The highest BCUT2D eigenvalue weighted by molar-refractivity contribution is 5.95. The number of rotatable bonds is 6. The molecular weight excluding hydrogens is 318 g/mol. The molecule has 1 heterocycles. The maximum Gasteiger partial charge on any atom is 0.253 e. The maximum absolute atomic E-state index is 12.2. The summed E-state index contributed by atoms with van der Waals surface area (Å²) in [6, 6.07) is 6.93. The normalized spacial score (nSPS) is 17.2. The highest BCUT2D eigenvalue weighted by atomic mass is 16.3. The highest BCUT2D eigenvalue weighted by Crippen LogP contribution is 2.15. The zero-order valence-electron chi connectivity index (χ0n) is 15.0. The first-order chi connectivity index (χ1) is 12.1. The van der Waals surface area contributed by atoms with Crippen LogP contribution in [0.1, 0.15) is 45.4 Å². The summed E-state index contributed by atoms with van der Waals surface area (Å²) in [5, 5.41) is 15.0. The third-order valence-corrected chi connectivity index (χ3v) is 4.44. The molecule has 1 fully saturated rings. The Bertz CT molecular complexity index is 552. The van der Waals surface area contributed by atoms with E-state index in [0.29, 0.717) is 24.3 Å². The van der Waals surface area contributed by atoms with Gasteiger partial charge in [0.2, 0.25) is 5.91 Å². The van der Waals surface area contributed by atoms with E-state index >= 15 is 0 Å². The summed E-state index contributed by atoms with van der Waals surface area (Å²) in [4.78, 5) is 26.1. The molecule has 2 rings (SSSR count). The zero-order chi connectivity index (χ0) is 18.1. The van der Waals surface area contributed by atoms with Crippen LogP contribution in [-0.2, 0) is 9.59 Å². The molecule has 1 atom stereocenters. The molecule has 0 aromatic heterocycles. The summed E-state index contributed by atoms with van der Waals surface area (Å²) >= 11 is 0. The molecule has 1 aliphatic rings. The summed E-state index contributed by atoms with van der Waals surface area (Å²) in [5.41, 5.74) is 1.30. The van der Waals surface area contributed by atoms with Gasteiger partial charge in [-0.25, -0.2) is 0 Å². The van der Waals surface area contributed by atoms with Crippen LogP contribution >= 0.6 is 0 Å². The average molecular weight is 347 g/mol. The van der Waals surface area contributed by atoms with Gasteiger partial charge in [-0.2, -0.15) is 0 Å². The van der Waals surface area contributed by atoms with Crippen molar-refractivity contribution in [3.63, 3.8) is 0 Å². The standard InChI is InChI=1S/C19H29N3O3/c1-2-17(23)19(25)21-16-10-8-15(9-11-16)20-18(24)14-22-12-6-4-3-5-7-13-22/h8-11,17,23H,2-7,12-14H2,1H3,(H,20,24)(H,21,25)/t17-/m0/s1. The average Bonchev–Trinajstić information content (AvgIpc) is 2.58. The number of nitrogens with zero attached hydrogens (tertiary/aromatic N) is 1. The van der Waals surface area contributed by atoms with Gasteiger partial charge in [-0.1, -0.05) is 26.2 Å². The van der Waals surface area contributed by atoms with E-state index in [1.54, 1.807) is 31.2 Å². The molecule has 0 aliphatic carbocycles. The van der Waals surface area contributed by atoms with Gasteiger partial charge in [0.25, 0.3) is 5.91 Å². The van der Waals surface area contributed by atoms with Crippen LogP contribution < -0.4 is 10.6 Å². The number of aliphatic hydroxyl groups is 1. The van der Waals surface area contributed by atoms with E-state index in [0.717, 1.165) is 25.9 Å². The van der Waals surface area contributed by atoms with E-state index in [1.807, 2.05) is 0 Å². The molecule has 1 aliphatic heterocycles. The first kappa shape index (κ1) is 19.4. The van der Waals surface area contributed by atoms with Crippen LogP contribution in [0.3, 0.4) is 0 Å². The minimum absolute atomic E-state index is 0.0150. The van der Waals surface area contributed by atoms with Gasteiger partial charge in [-0.15, -0.1) is 0 Å². The number of hydrogen-bond donors (Lipinski definition) is 3. The van der Waals surface area contributed by atoms with Gasteiger partial charge in [0.1, 0.15) is 6.10 Å². The van der Waals surface area contributed by atoms with Crippen LogP contribution in [0.5, 0.6) is 0 Å². The molecule has 0 unspecified atom stereocenters. The predicted octanol–water partition coefficient (Wildman–Crippen LogP) is 2.60. The molecule has 3 N–H and O–H groups in total. The summed E-state index contributed by atoms with van der Waals surface area (Å²) in [5.74, 6) is -0.435.